The Hall–Kier alpha value is -1.68. The van der Waals surface area contributed by atoms with Crippen LogP contribution in [0.3, 0.4) is 0 Å². The Bertz CT molecular complexity index is 561. The second kappa shape index (κ2) is 4.90. The molecule has 1 atom stereocenters. The normalized spacial score (nSPS) is 12.7. The monoisotopic (exact) mass is 252 g/mol. The van der Waals surface area contributed by atoms with Gasteiger partial charge in [0.05, 0.1) is 11.8 Å². The lowest BCUT2D eigenvalue weighted by molar-refractivity contribution is 0.206. The average Bonchev–Trinajstić information content (AvgIpc) is 2.82. The van der Waals surface area contributed by atoms with Crippen molar-refractivity contribution in [2.75, 3.05) is 0 Å². The van der Waals surface area contributed by atoms with E-state index in [-0.39, 0.29) is 5.56 Å². The number of benzene rings is 1. The van der Waals surface area contributed by atoms with Crippen molar-refractivity contribution in [2.24, 2.45) is 0 Å². The summed E-state index contributed by atoms with van der Waals surface area (Å²) in [6.45, 7) is 3.37. The summed E-state index contributed by atoms with van der Waals surface area (Å²) in [5, 5.41) is 10.1. The van der Waals surface area contributed by atoms with Crippen LogP contribution in [0.1, 0.15) is 35.5 Å². The molecule has 0 aliphatic rings. The van der Waals surface area contributed by atoms with E-state index < -0.39 is 17.7 Å². The molecule has 1 heterocycles. The molecule has 0 bridgehead atoms. The average molecular weight is 252 g/mol. The summed E-state index contributed by atoms with van der Waals surface area (Å²) in [5.74, 6) is -0.942. The maximum absolute atomic E-state index is 13.9. The van der Waals surface area contributed by atoms with Crippen molar-refractivity contribution in [1.29, 1.82) is 0 Å². The molecule has 0 aliphatic heterocycles. The summed E-state index contributed by atoms with van der Waals surface area (Å²) >= 11 is 0. The molecular weight excluding hydrogens is 238 g/mol. The van der Waals surface area contributed by atoms with Gasteiger partial charge in [-0.1, -0.05) is 13.0 Å². The van der Waals surface area contributed by atoms with Gasteiger partial charge in [-0.25, -0.2) is 8.78 Å². The summed E-state index contributed by atoms with van der Waals surface area (Å²) < 4.78 is 32.7. The van der Waals surface area contributed by atoms with Crippen molar-refractivity contribution >= 4 is 0 Å². The van der Waals surface area contributed by atoms with Gasteiger partial charge >= 0.3 is 0 Å². The molecule has 1 aromatic heterocycles. The number of hydrogen-bond donors (Lipinski definition) is 1. The van der Waals surface area contributed by atoms with Crippen LogP contribution in [0, 0.1) is 18.6 Å². The van der Waals surface area contributed by atoms with E-state index in [0.717, 1.165) is 6.07 Å². The van der Waals surface area contributed by atoms with Crippen molar-refractivity contribution < 1.29 is 18.3 Å². The lowest BCUT2D eigenvalue weighted by atomic mass is 9.98. The van der Waals surface area contributed by atoms with Crippen LogP contribution in [0.2, 0.25) is 0 Å². The molecule has 0 aliphatic carbocycles. The molecule has 4 heteroatoms. The van der Waals surface area contributed by atoms with Gasteiger partial charge < -0.3 is 9.52 Å². The van der Waals surface area contributed by atoms with Crippen molar-refractivity contribution in [3.8, 4) is 0 Å². The highest BCUT2D eigenvalue weighted by Crippen LogP contribution is 2.31. The summed E-state index contributed by atoms with van der Waals surface area (Å²) in [6, 6.07) is 4.03. The molecule has 0 amide bonds. The Morgan fingerprint density at radius 2 is 2.00 bits per heavy atom. The van der Waals surface area contributed by atoms with Crippen LogP contribution in [0.4, 0.5) is 8.78 Å². The van der Waals surface area contributed by atoms with Crippen molar-refractivity contribution in [2.45, 2.75) is 26.4 Å². The maximum atomic E-state index is 13.9. The second-order valence-electron chi connectivity index (χ2n) is 4.15. The van der Waals surface area contributed by atoms with Gasteiger partial charge in [0, 0.05) is 12.0 Å². The van der Waals surface area contributed by atoms with Crippen LogP contribution >= 0.6 is 0 Å². The summed E-state index contributed by atoms with van der Waals surface area (Å²) in [4.78, 5) is 0. The molecule has 96 valence electrons. The van der Waals surface area contributed by atoms with Crippen LogP contribution in [-0.2, 0) is 6.42 Å². The van der Waals surface area contributed by atoms with Crippen LogP contribution in [0.25, 0.3) is 0 Å². The first kappa shape index (κ1) is 12.8. The van der Waals surface area contributed by atoms with E-state index in [0.29, 0.717) is 23.3 Å². The molecular formula is C14H14F2O2. The number of aliphatic hydroxyl groups is 1. The minimum atomic E-state index is -1.35. The Balaban J connectivity index is 2.52. The minimum absolute atomic E-state index is 0.298. The number of halogens is 2. The smallest absolute Gasteiger partial charge is 0.135 e. The van der Waals surface area contributed by atoms with Gasteiger partial charge in [0.2, 0.25) is 0 Å². The Kier molecular flexibility index (Phi) is 3.48. The molecule has 2 nitrogen and oxygen atoms in total. The first-order chi connectivity index (χ1) is 8.56. The third-order valence-electron chi connectivity index (χ3n) is 2.99. The predicted octanol–water partition coefficient (Wildman–Crippen LogP) is 3.51. The third kappa shape index (κ3) is 2.04. The van der Waals surface area contributed by atoms with E-state index in [1.165, 1.54) is 25.3 Å². The highest BCUT2D eigenvalue weighted by atomic mass is 19.1. The van der Waals surface area contributed by atoms with E-state index in [2.05, 4.69) is 0 Å². The molecule has 0 radical (unpaired) electrons. The minimum Gasteiger partial charge on any atom is -0.469 e. The van der Waals surface area contributed by atoms with E-state index in [1.807, 2.05) is 6.92 Å². The quantitative estimate of drug-likeness (QED) is 0.906. The van der Waals surface area contributed by atoms with Gasteiger partial charge in [-0.2, -0.15) is 0 Å². The first-order valence-electron chi connectivity index (χ1n) is 5.75. The number of rotatable bonds is 3. The fourth-order valence-corrected chi connectivity index (χ4v) is 1.97. The number of hydrogen-bond acceptors (Lipinski definition) is 2. The molecule has 1 N–H and O–H groups in total. The van der Waals surface area contributed by atoms with Crippen LogP contribution < -0.4 is 0 Å². The third-order valence-corrected chi connectivity index (χ3v) is 2.99. The molecule has 1 aromatic carbocycles. The standard InChI is InChI=1S/C14H14F2O2/c1-3-11-9(6-7-18-11)14(17)12-10(15)5-4-8(2)13(12)16/h4-7,14,17H,3H2,1-2H3. The van der Waals surface area contributed by atoms with Gasteiger partial charge in [0.1, 0.15) is 23.5 Å². The lowest BCUT2D eigenvalue weighted by Gasteiger charge is -2.14. The SMILES string of the molecule is CCc1occc1C(O)c1c(F)ccc(C)c1F. The second-order valence-corrected chi connectivity index (χ2v) is 4.15. The summed E-state index contributed by atoms with van der Waals surface area (Å²) in [6.07, 6.45) is 0.607. The Morgan fingerprint density at radius 3 is 2.67 bits per heavy atom. The van der Waals surface area contributed by atoms with E-state index in [9.17, 15) is 13.9 Å². The molecule has 18 heavy (non-hydrogen) atoms. The topological polar surface area (TPSA) is 33.4 Å². The number of aryl methyl sites for hydroxylation is 2. The van der Waals surface area contributed by atoms with E-state index >= 15 is 0 Å². The van der Waals surface area contributed by atoms with Crippen molar-refractivity contribution in [3.63, 3.8) is 0 Å². The molecule has 0 fully saturated rings. The lowest BCUT2D eigenvalue weighted by Crippen LogP contribution is -2.08. The van der Waals surface area contributed by atoms with Crippen LogP contribution in [0.15, 0.2) is 28.9 Å². The molecule has 0 spiro atoms. The molecule has 2 aromatic rings. The van der Waals surface area contributed by atoms with Crippen molar-refractivity contribution in [1.82, 2.24) is 0 Å². The summed E-state index contributed by atoms with van der Waals surface area (Å²) in [5.41, 5.74) is 0.374. The molecule has 0 saturated carbocycles. The predicted molar refractivity (Wildman–Crippen MR) is 63.2 cm³/mol. The van der Waals surface area contributed by atoms with Gasteiger partial charge in [0.15, 0.2) is 0 Å². The largest absolute Gasteiger partial charge is 0.469 e. The number of aliphatic hydroxyl groups excluding tert-OH is 1. The zero-order valence-corrected chi connectivity index (χ0v) is 10.2. The number of furan rings is 1. The van der Waals surface area contributed by atoms with Gasteiger partial charge in [-0.15, -0.1) is 0 Å². The van der Waals surface area contributed by atoms with Crippen molar-refractivity contribution in [3.05, 3.63) is 58.5 Å². The van der Waals surface area contributed by atoms with Gasteiger partial charge in [-0.3, -0.25) is 0 Å². The van der Waals surface area contributed by atoms with Crippen LogP contribution in [0.5, 0.6) is 0 Å². The Labute approximate surface area is 104 Å². The highest BCUT2D eigenvalue weighted by Gasteiger charge is 2.24. The fraction of sp³-hybridized carbons (Fsp3) is 0.286. The molecule has 0 saturated heterocycles. The van der Waals surface area contributed by atoms with E-state index in [1.54, 1.807) is 0 Å². The maximum Gasteiger partial charge on any atom is 0.135 e. The van der Waals surface area contributed by atoms with Gasteiger partial charge in [0.25, 0.3) is 0 Å². The Morgan fingerprint density at radius 1 is 1.28 bits per heavy atom. The zero-order chi connectivity index (χ0) is 13.3. The fourth-order valence-electron chi connectivity index (χ4n) is 1.97. The summed E-state index contributed by atoms with van der Waals surface area (Å²) in [7, 11) is 0. The molecule has 2 rings (SSSR count). The zero-order valence-electron chi connectivity index (χ0n) is 10.2. The first-order valence-corrected chi connectivity index (χ1v) is 5.75. The van der Waals surface area contributed by atoms with E-state index in [4.69, 9.17) is 4.42 Å². The van der Waals surface area contributed by atoms with Crippen LogP contribution in [-0.4, -0.2) is 5.11 Å². The molecule has 1 unspecified atom stereocenters. The highest BCUT2D eigenvalue weighted by molar-refractivity contribution is 5.36. The van der Waals surface area contributed by atoms with Gasteiger partial charge in [-0.05, 0) is 24.6 Å².